The van der Waals surface area contributed by atoms with E-state index in [1.807, 2.05) is 24.3 Å². The largest absolute Gasteiger partial charge is 0.493 e. The molecule has 1 fully saturated rings. The average Bonchev–Trinajstić information content (AvgIpc) is 2.74. The molecule has 31 heavy (non-hydrogen) atoms. The zero-order chi connectivity index (χ0) is 22.2. The Morgan fingerprint density at radius 3 is 2.65 bits per heavy atom. The van der Waals surface area contributed by atoms with Gasteiger partial charge in [-0.15, -0.1) is 0 Å². The zero-order valence-corrected chi connectivity index (χ0v) is 18.8. The first-order valence-corrected chi connectivity index (χ1v) is 12.8. The molecule has 4 rings (SSSR count). The van der Waals surface area contributed by atoms with Crippen molar-refractivity contribution in [3.05, 3.63) is 64.2 Å². The summed E-state index contributed by atoms with van der Waals surface area (Å²) in [5.41, 5.74) is 4.18. The molecule has 0 aromatic heterocycles. The van der Waals surface area contributed by atoms with Crippen LogP contribution in [0.2, 0.25) is 0 Å². The number of sulfone groups is 1. The Balaban J connectivity index is 1.62. The second-order valence-corrected chi connectivity index (χ2v) is 10.7. The molecule has 2 aromatic carbocycles. The number of ether oxygens (including phenoxy) is 2. The third-order valence-corrected chi connectivity index (χ3v) is 7.43. The predicted octanol–water partition coefficient (Wildman–Crippen LogP) is 2.72. The maximum absolute atomic E-state index is 12.0. The Labute approximate surface area is 183 Å². The van der Waals surface area contributed by atoms with Gasteiger partial charge in [-0.2, -0.15) is 0 Å². The number of aryl methyl sites for hydroxylation is 2. The van der Waals surface area contributed by atoms with Crippen molar-refractivity contribution in [3.8, 4) is 5.75 Å². The van der Waals surface area contributed by atoms with Crippen molar-refractivity contribution in [2.24, 2.45) is 0 Å². The molecule has 0 bridgehead atoms. The van der Waals surface area contributed by atoms with Gasteiger partial charge in [0.15, 0.2) is 15.3 Å². The van der Waals surface area contributed by atoms with E-state index in [9.17, 15) is 18.6 Å². The van der Waals surface area contributed by atoms with Crippen LogP contribution in [0.4, 0.5) is 0 Å². The molecule has 2 heterocycles. The van der Waals surface area contributed by atoms with Crippen LogP contribution in [0.25, 0.3) is 0 Å². The lowest BCUT2D eigenvalue weighted by atomic mass is 9.91. The number of aliphatic hydroxyl groups excluding tert-OH is 2. The molecule has 0 unspecified atom stereocenters. The van der Waals surface area contributed by atoms with E-state index in [4.69, 9.17) is 9.47 Å². The number of benzene rings is 2. The van der Waals surface area contributed by atoms with Crippen molar-refractivity contribution in [1.82, 2.24) is 0 Å². The molecule has 6 nitrogen and oxygen atoms in total. The fourth-order valence-electron chi connectivity index (χ4n) is 4.51. The van der Waals surface area contributed by atoms with Crippen molar-refractivity contribution in [2.45, 2.75) is 62.8 Å². The van der Waals surface area contributed by atoms with Crippen LogP contribution in [-0.4, -0.2) is 49.1 Å². The van der Waals surface area contributed by atoms with Gasteiger partial charge in [0, 0.05) is 12.7 Å². The van der Waals surface area contributed by atoms with Crippen LogP contribution in [0.1, 0.15) is 53.7 Å². The fourth-order valence-corrected chi connectivity index (χ4v) is 5.53. The molecule has 168 valence electrons. The second kappa shape index (κ2) is 8.90. The van der Waals surface area contributed by atoms with E-state index in [1.54, 1.807) is 0 Å². The first-order valence-electron chi connectivity index (χ1n) is 10.8. The average molecular weight is 447 g/mol. The predicted molar refractivity (Wildman–Crippen MR) is 118 cm³/mol. The Bertz CT molecular complexity index is 1050. The second-order valence-electron chi connectivity index (χ2n) is 8.57. The number of aliphatic hydroxyl groups is 2. The van der Waals surface area contributed by atoms with Crippen LogP contribution >= 0.6 is 0 Å². The fraction of sp³-hybridized carbons (Fsp3) is 0.500. The maximum atomic E-state index is 12.0. The minimum atomic E-state index is -3.67. The lowest BCUT2D eigenvalue weighted by Crippen LogP contribution is -2.49. The SMILES string of the molecule is CCc1ccc([C@H]2C[C@@H](O)[C@H](O)[C@@H](S(C)(=O)=O)O2)cc1Cc1ccc2c(c1)CCCO2. The van der Waals surface area contributed by atoms with Gasteiger partial charge in [-0.25, -0.2) is 8.42 Å². The Morgan fingerprint density at radius 2 is 1.90 bits per heavy atom. The van der Waals surface area contributed by atoms with Gasteiger partial charge in [-0.3, -0.25) is 0 Å². The number of fused-ring (bicyclic) bond motifs is 1. The van der Waals surface area contributed by atoms with Gasteiger partial charge in [0.2, 0.25) is 0 Å². The van der Waals surface area contributed by atoms with Gasteiger partial charge in [0.25, 0.3) is 0 Å². The molecule has 7 heteroatoms. The topological polar surface area (TPSA) is 93.1 Å². The molecule has 2 N–H and O–H groups in total. The molecule has 0 aliphatic carbocycles. The first kappa shape index (κ1) is 22.3. The van der Waals surface area contributed by atoms with Crippen molar-refractivity contribution in [3.63, 3.8) is 0 Å². The van der Waals surface area contributed by atoms with Crippen LogP contribution in [-0.2, 0) is 33.8 Å². The van der Waals surface area contributed by atoms with Crippen molar-refractivity contribution in [1.29, 1.82) is 0 Å². The molecule has 0 saturated carbocycles. The molecule has 2 aliphatic rings. The molecule has 2 aliphatic heterocycles. The van der Waals surface area contributed by atoms with Crippen LogP contribution in [0, 0.1) is 0 Å². The van der Waals surface area contributed by atoms with Crippen LogP contribution < -0.4 is 4.74 Å². The van der Waals surface area contributed by atoms with Crippen molar-refractivity contribution in [2.75, 3.05) is 12.9 Å². The molecule has 1 saturated heterocycles. The number of hydrogen-bond acceptors (Lipinski definition) is 6. The van der Waals surface area contributed by atoms with Gasteiger partial charge >= 0.3 is 0 Å². The molecule has 0 spiro atoms. The lowest BCUT2D eigenvalue weighted by molar-refractivity contribution is -0.140. The highest BCUT2D eigenvalue weighted by Gasteiger charge is 2.42. The molecule has 2 aromatic rings. The smallest absolute Gasteiger partial charge is 0.187 e. The molecule has 0 radical (unpaired) electrons. The third kappa shape index (κ3) is 4.80. The van der Waals surface area contributed by atoms with Gasteiger partial charge in [-0.05, 0) is 59.6 Å². The summed E-state index contributed by atoms with van der Waals surface area (Å²) >= 11 is 0. The van der Waals surface area contributed by atoms with Gasteiger partial charge in [-0.1, -0.05) is 37.3 Å². The molecular formula is C24H30O6S. The van der Waals surface area contributed by atoms with Crippen LogP contribution in [0.3, 0.4) is 0 Å². The van der Waals surface area contributed by atoms with Crippen molar-refractivity contribution >= 4 is 9.84 Å². The summed E-state index contributed by atoms with van der Waals surface area (Å²) in [7, 11) is -3.67. The van der Waals surface area contributed by atoms with E-state index >= 15 is 0 Å². The maximum Gasteiger partial charge on any atom is 0.187 e. The van der Waals surface area contributed by atoms with E-state index in [-0.39, 0.29) is 6.42 Å². The minimum Gasteiger partial charge on any atom is -0.493 e. The van der Waals surface area contributed by atoms with Crippen molar-refractivity contribution < 1.29 is 28.1 Å². The Hall–Kier alpha value is -1.93. The highest BCUT2D eigenvalue weighted by molar-refractivity contribution is 7.91. The first-order chi connectivity index (χ1) is 14.8. The minimum absolute atomic E-state index is 0.147. The van der Waals surface area contributed by atoms with Crippen LogP contribution in [0.5, 0.6) is 5.75 Å². The summed E-state index contributed by atoms with van der Waals surface area (Å²) in [5, 5.41) is 20.4. The number of hydrogen-bond donors (Lipinski definition) is 2. The highest BCUT2D eigenvalue weighted by Crippen LogP contribution is 2.35. The normalized spacial score (nSPS) is 26.2. The standard InChI is InChI=1S/C24H30O6S/c1-3-16-7-8-18(22-14-20(25)23(26)24(30-22)31(2,27)28)13-19(16)12-15-6-9-21-17(11-15)5-4-10-29-21/h6-9,11,13,20,22-26H,3-5,10,12,14H2,1-2H3/t20-,22-,23+,24-/m1/s1. The monoisotopic (exact) mass is 446 g/mol. The van der Waals surface area contributed by atoms with Crippen LogP contribution in [0.15, 0.2) is 36.4 Å². The van der Waals surface area contributed by atoms with E-state index in [0.717, 1.165) is 55.4 Å². The van der Waals surface area contributed by atoms with E-state index in [2.05, 4.69) is 19.1 Å². The molecule has 0 amide bonds. The quantitative estimate of drug-likeness (QED) is 0.734. The highest BCUT2D eigenvalue weighted by atomic mass is 32.2. The Kier molecular flexibility index (Phi) is 6.40. The molecule has 4 atom stereocenters. The summed E-state index contributed by atoms with van der Waals surface area (Å²) in [6.45, 7) is 2.88. The molecular weight excluding hydrogens is 416 g/mol. The lowest BCUT2D eigenvalue weighted by Gasteiger charge is -2.36. The summed E-state index contributed by atoms with van der Waals surface area (Å²) < 4.78 is 35.6. The number of rotatable bonds is 5. The summed E-state index contributed by atoms with van der Waals surface area (Å²) in [5.74, 6) is 0.967. The van der Waals surface area contributed by atoms with Gasteiger partial charge < -0.3 is 19.7 Å². The zero-order valence-electron chi connectivity index (χ0n) is 18.0. The van der Waals surface area contributed by atoms with Gasteiger partial charge in [0.1, 0.15) is 11.9 Å². The Morgan fingerprint density at radius 1 is 1.10 bits per heavy atom. The van der Waals surface area contributed by atoms with E-state index in [0.29, 0.717) is 0 Å². The van der Waals surface area contributed by atoms with E-state index in [1.165, 1.54) is 16.7 Å². The van der Waals surface area contributed by atoms with E-state index < -0.39 is 33.6 Å². The summed E-state index contributed by atoms with van der Waals surface area (Å²) in [6, 6.07) is 12.4. The third-order valence-electron chi connectivity index (χ3n) is 6.20. The van der Waals surface area contributed by atoms with Gasteiger partial charge in [0.05, 0.1) is 18.8 Å². The summed E-state index contributed by atoms with van der Waals surface area (Å²) in [6.07, 6.45) is 1.63. The summed E-state index contributed by atoms with van der Waals surface area (Å²) in [4.78, 5) is 0.